The minimum atomic E-state index is -0.388. The minimum absolute atomic E-state index is 0.180. The standard InChI is InChI=1S/C19H18FN3O2S/c1-3-16-23-12(2)17(26-16)18(24)22-11-13-6-5-9-21-19(13)25-15-8-4-7-14(20)10-15/h4-10H,3,11H2,1-2H3,(H,22,24). The van der Waals surface area contributed by atoms with E-state index in [1.165, 1.54) is 23.5 Å². The number of benzene rings is 1. The van der Waals surface area contributed by atoms with Gasteiger partial charge in [0.1, 0.15) is 16.4 Å². The van der Waals surface area contributed by atoms with Crippen LogP contribution in [0.2, 0.25) is 0 Å². The van der Waals surface area contributed by atoms with Gasteiger partial charge in [-0.25, -0.2) is 14.4 Å². The molecule has 5 nitrogen and oxygen atoms in total. The highest BCUT2D eigenvalue weighted by molar-refractivity contribution is 7.13. The first-order valence-corrected chi connectivity index (χ1v) is 9.00. The molecule has 0 saturated heterocycles. The van der Waals surface area contributed by atoms with Crippen LogP contribution in [0.4, 0.5) is 4.39 Å². The summed E-state index contributed by atoms with van der Waals surface area (Å²) >= 11 is 1.40. The summed E-state index contributed by atoms with van der Waals surface area (Å²) in [4.78, 5) is 21.6. The highest BCUT2D eigenvalue weighted by Crippen LogP contribution is 2.24. The molecule has 0 unspecified atom stereocenters. The fourth-order valence-electron chi connectivity index (χ4n) is 2.36. The lowest BCUT2D eigenvalue weighted by atomic mass is 10.2. The number of carbonyl (C=O) groups is 1. The molecule has 0 aliphatic carbocycles. The minimum Gasteiger partial charge on any atom is -0.439 e. The fourth-order valence-corrected chi connectivity index (χ4v) is 3.28. The van der Waals surface area contributed by atoms with Crippen molar-refractivity contribution < 1.29 is 13.9 Å². The molecule has 0 spiro atoms. The van der Waals surface area contributed by atoms with E-state index >= 15 is 0 Å². The fraction of sp³-hybridized carbons (Fsp3) is 0.211. The Bertz CT molecular complexity index is 927. The first kappa shape index (κ1) is 18.0. The molecule has 0 aliphatic heterocycles. The zero-order valence-electron chi connectivity index (χ0n) is 14.5. The average molecular weight is 371 g/mol. The third-order valence-electron chi connectivity index (χ3n) is 3.65. The normalized spacial score (nSPS) is 10.6. The van der Waals surface area contributed by atoms with Crippen molar-refractivity contribution in [3.05, 3.63) is 69.6 Å². The van der Waals surface area contributed by atoms with Crippen molar-refractivity contribution in [1.29, 1.82) is 0 Å². The number of ether oxygens (including phenoxy) is 1. The van der Waals surface area contributed by atoms with Crippen LogP contribution in [0.5, 0.6) is 11.6 Å². The summed E-state index contributed by atoms with van der Waals surface area (Å²) in [6.45, 7) is 4.08. The Kier molecular flexibility index (Phi) is 5.58. The summed E-state index contributed by atoms with van der Waals surface area (Å²) in [5.74, 6) is 0.108. The summed E-state index contributed by atoms with van der Waals surface area (Å²) in [5, 5.41) is 3.80. The van der Waals surface area contributed by atoms with Gasteiger partial charge in [0.15, 0.2) is 0 Å². The highest BCUT2D eigenvalue weighted by atomic mass is 32.1. The van der Waals surface area contributed by atoms with Gasteiger partial charge in [0.05, 0.1) is 10.7 Å². The van der Waals surface area contributed by atoms with Gasteiger partial charge in [0, 0.05) is 24.4 Å². The molecule has 134 valence electrons. The van der Waals surface area contributed by atoms with Gasteiger partial charge in [0.25, 0.3) is 5.91 Å². The number of amides is 1. The maximum absolute atomic E-state index is 13.3. The molecule has 1 amide bonds. The Morgan fingerprint density at radius 3 is 2.88 bits per heavy atom. The average Bonchev–Trinajstić information content (AvgIpc) is 3.02. The van der Waals surface area contributed by atoms with Crippen LogP contribution in [-0.4, -0.2) is 15.9 Å². The first-order valence-electron chi connectivity index (χ1n) is 8.18. The molecule has 2 aromatic heterocycles. The lowest BCUT2D eigenvalue weighted by Gasteiger charge is -2.10. The van der Waals surface area contributed by atoms with Crippen LogP contribution in [-0.2, 0) is 13.0 Å². The van der Waals surface area contributed by atoms with Gasteiger partial charge < -0.3 is 10.1 Å². The number of carbonyl (C=O) groups excluding carboxylic acids is 1. The molecule has 0 saturated carbocycles. The summed E-state index contributed by atoms with van der Waals surface area (Å²) in [7, 11) is 0. The van der Waals surface area contributed by atoms with Crippen molar-refractivity contribution in [2.24, 2.45) is 0 Å². The first-order chi connectivity index (χ1) is 12.6. The Balaban J connectivity index is 1.72. The molecule has 26 heavy (non-hydrogen) atoms. The monoisotopic (exact) mass is 371 g/mol. The third kappa shape index (κ3) is 4.23. The van der Waals surface area contributed by atoms with Crippen LogP contribution in [0.15, 0.2) is 42.6 Å². The van der Waals surface area contributed by atoms with Crippen molar-refractivity contribution in [2.45, 2.75) is 26.8 Å². The van der Waals surface area contributed by atoms with Crippen molar-refractivity contribution in [1.82, 2.24) is 15.3 Å². The number of nitrogens with zero attached hydrogens (tertiary/aromatic N) is 2. The number of pyridine rings is 1. The second-order valence-corrected chi connectivity index (χ2v) is 6.67. The molecule has 1 N–H and O–H groups in total. The van der Waals surface area contributed by atoms with E-state index in [0.717, 1.165) is 17.1 Å². The molecular weight excluding hydrogens is 353 g/mol. The maximum Gasteiger partial charge on any atom is 0.263 e. The molecular formula is C19H18FN3O2S. The van der Waals surface area contributed by atoms with E-state index in [1.54, 1.807) is 30.5 Å². The summed E-state index contributed by atoms with van der Waals surface area (Å²) < 4.78 is 19.0. The number of halogens is 1. The lowest BCUT2D eigenvalue weighted by Crippen LogP contribution is -2.23. The van der Waals surface area contributed by atoms with Crippen LogP contribution in [0, 0.1) is 12.7 Å². The molecule has 1 aromatic carbocycles. The predicted octanol–water partition coefficient (Wildman–Crippen LogP) is 4.27. The number of aryl methyl sites for hydroxylation is 2. The van der Waals surface area contributed by atoms with E-state index < -0.39 is 0 Å². The number of thiazole rings is 1. The van der Waals surface area contributed by atoms with Gasteiger partial charge in [-0.2, -0.15) is 0 Å². The molecule has 0 atom stereocenters. The Morgan fingerprint density at radius 2 is 2.15 bits per heavy atom. The second-order valence-electron chi connectivity index (χ2n) is 5.59. The molecule has 3 aromatic rings. The van der Waals surface area contributed by atoms with Gasteiger partial charge in [-0.1, -0.05) is 19.1 Å². The number of rotatable bonds is 6. The largest absolute Gasteiger partial charge is 0.439 e. The quantitative estimate of drug-likeness (QED) is 0.703. The van der Waals surface area contributed by atoms with E-state index in [0.29, 0.717) is 22.1 Å². The van der Waals surface area contributed by atoms with Gasteiger partial charge in [-0.05, 0) is 31.5 Å². The molecule has 0 bridgehead atoms. The van der Waals surface area contributed by atoms with Gasteiger partial charge in [-0.3, -0.25) is 4.79 Å². The highest BCUT2D eigenvalue weighted by Gasteiger charge is 2.15. The summed E-state index contributed by atoms with van der Waals surface area (Å²) in [6, 6.07) is 9.39. The van der Waals surface area contributed by atoms with Crippen LogP contribution in [0.25, 0.3) is 0 Å². The number of nitrogens with one attached hydrogen (secondary N) is 1. The van der Waals surface area contributed by atoms with Crippen molar-refractivity contribution in [2.75, 3.05) is 0 Å². The third-order valence-corrected chi connectivity index (χ3v) is 4.95. The molecule has 0 aliphatic rings. The summed E-state index contributed by atoms with van der Waals surface area (Å²) in [5.41, 5.74) is 1.43. The molecule has 0 fully saturated rings. The SMILES string of the molecule is CCc1nc(C)c(C(=O)NCc2cccnc2Oc2cccc(F)c2)s1. The van der Waals surface area contributed by atoms with Crippen LogP contribution in [0.3, 0.4) is 0 Å². The van der Waals surface area contributed by atoms with Crippen molar-refractivity contribution >= 4 is 17.2 Å². The maximum atomic E-state index is 13.3. The van der Waals surface area contributed by atoms with Gasteiger partial charge >= 0.3 is 0 Å². The van der Waals surface area contributed by atoms with Crippen LogP contribution >= 0.6 is 11.3 Å². The molecule has 7 heteroatoms. The lowest BCUT2D eigenvalue weighted by molar-refractivity contribution is 0.0954. The topological polar surface area (TPSA) is 64.1 Å². The van der Waals surface area contributed by atoms with E-state index in [9.17, 15) is 9.18 Å². The van der Waals surface area contributed by atoms with E-state index in [-0.39, 0.29) is 18.3 Å². The Labute approximate surface area is 154 Å². The smallest absolute Gasteiger partial charge is 0.263 e. The number of hydrogen-bond acceptors (Lipinski definition) is 5. The Hall–Kier alpha value is -2.80. The number of aromatic nitrogens is 2. The van der Waals surface area contributed by atoms with Gasteiger partial charge in [0.2, 0.25) is 5.88 Å². The van der Waals surface area contributed by atoms with Crippen LogP contribution < -0.4 is 10.1 Å². The van der Waals surface area contributed by atoms with Crippen LogP contribution in [0.1, 0.15) is 32.9 Å². The van der Waals surface area contributed by atoms with E-state index in [4.69, 9.17) is 4.74 Å². The second kappa shape index (κ2) is 8.05. The van der Waals surface area contributed by atoms with E-state index in [1.807, 2.05) is 13.8 Å². The van der Waals surface area contributed by atoms with E-state index in [2.05, 4.69) is 15.3 Å². The molecule has 2 heterocycles. The van der Waals surface area contributed by atoms with Crippen molar-refractivity contribution in [3.63, 3.8) is 0 Å². The summed E-state index contributed by atoms with van der Waals surface area (Å²) in [6.07, 6.45) is 2.38. The predicted molar refractivity (Wildman–Crippen MR) is 98.1 cm³/mol. The molecule has 0 radical (unpaired) electrons. The molecule has 3 rings (SSSR count). The zero-order valence-corrected chi connectivity index (χ0v) is 15.3. The van der Waals surface area contributed by atoms with Gasteiger partial charge in [-0.15, -0.1) is 11.3 Å². The number of hydrogen-bond donors (Lipinski definition) is 1. The zero-order chi connectivity index (χ0) is 18.5. The Morgan fingerprint density at radius 1 is 1.31 bits per heavy atom. The van der Waals surface area contributed by atoms with Crippen molar-refractivity contribution in [3.8, 4) is 11.6 Å².